The lowest BCUT2D eigenvalue weighted by Gasteiger charge is -2.39. The van der Waals surface area contributed by atoms with Gasteiger partial charge >= 0.3 is 11.9 Å². The lowest BCUT2D eigenvalue weighted by Crippen LogP contribution is -2.59. The molecule has 2 unspecified atom stereocenters. The molecule has 0 aromatic heterocycles. The second-order valence-electron chi connectivity index (χ2n) is 13.4. The van der Waals surface area contributed by atoms with Crippen molar-refractivity contribution in [2.45, 2.75) is 192 Å². The number of ether oxygens (including phenoxy) is 4. The minimum absolute atomic E-state index is 0.209. The molecule has 286 valence electrons. The van der Waals surface area contributed by atoms with Crippen molar-refractivity contribution in [2.24, 2.45) is 0 Å². The maximum atomic E-state index is 12.7. The number of aliphatic hydroxyl groups is 4. The Morgan fingerprint density at radius 3 is 1.67 bits per heavy atom. The summed E-state index contributed by atoms with van der Waals surface area (Å²) in [6.07, 6.45) is 23.4. The van der Waals surface area contributed by atoms with E-state index in [2.05, 4.69) is 38.2 Å². The maximum absolute atomic E-state index is 12.7. The summed E-state index contributed by atoms with van der Waals surface area (Å²) in [7, 11) is 0. The van der Waals surface area contributed by atoms with Gasteiger partial charge in [-0.2, -0.15) is 0 Å². The Balaban J connectivity index is 2.42. The Labute approximate surface area is 296 Å². The molecule has 0 aromatic carbocycles. The molecule has 1 rings (SSSR count). The van der Waals surface area contributed by atoms with E-state index >= 15 is 0 Å². The molecule has 49 heavy (non-hydrogen) atoms. The highest BCUT2D eigenvalue weighted by Gasteiger charge is 2.44. The minimum atomic E-state index is -1.60. The Hall–Kier alpha value is -1.82. The molecule has 0 amide bonds. The molecule has 0 aromatic rings. The van der Waals surface area contributed by atoms with Gasteiger partial charge in [0.1, 0.15) is 31.0 Å². The van der Waals surface area contributed by atoms with E-state index in [1.54, 1.807) is 0 Å². The third-order valence-electron chi connectivity index (χ3n) is 8.81. The monoisotopic (exact) mass is 698 g/mol. The van der Waals surface area contributed by atoms with Crippen LogP contribution in [0.1, 0.15) is 155 Å². The summed E-state index contributed by atoms with van der Waals surface area (Å²) < 4.78 is 22.0. The third-order valence-corrected chi connectivity index (χ3v) is 8.81. The van der Waals surface area contributed by atoms with Crippen molar-refractivity contribution < 1.29 is 49.0 Å². The van der Waals surface area contributed by atoms with Crippen LogP contribution < -0.4 is 0 Å². The predicted molar refractivity (Wildman–Crippen MR) is 192 cm³/mol. The Kier molecular flexibility index (Phi) is 28.6. The first-order valence-electron chi connectivity index (χ1n) is 19.4. The van der Waals surface area contributed by atoms with E-state index in [0.717, 1.165) is 64.2 Å². The van der Waals surface area contributed by atoms with E-state index in [1.807, 2.05) is 0 Å². The van der Waals surface area contributed by atoms with E-state index in [-0.39, 0.29) is 26.1 Å². The van der Waals surface area contributed by atoms with E-state index in [9.17, 15) is 30.0 Å². The molecule has 0 saturated carbocycles. The molecule has 1 saturated heterocycles. The fourth-order valence-corrected chi connectivity index (χ4v) is 5.63. The van der Waals surface area contributed by atoms with Crippen LogP contribution in [0.25, 0.3) is 0 Å². The van der Waals surface area contributed by atoms with Crippen molar-refractivity contribution in [1.29, 1.82) is 0 Å². The average molecular weight is 699 g/mol. The molecule has 6 atom stereocenters. The SMILES string of the molecule is CCCC/C=C/CCCCCCCC(=O)OC[C@H](CO[C@@H]1O[C@H](CO)[C@H](O)C(O)C1O)OC(=O)CCCCC/C=C/CCCCCCCC. The Morgan fingerprint density at radius 1 is 0.612 bits per heavy atom. The summed E-state index contributed by atoms with van der Waals surface area (Å²) in [5.41, 5.74) is 0. The summed E-state index contributed by atoms with van der Waals surface area (Å²) in [6, 6.07) is 0. The van der Waals surface area contributed by atoms with Gasteiger partial charge in [-0.25, -0.2) is 0 Å². The maximum Gasteiger partial charge on any atom is 0.306 e. The molecular formula is C39H70O10. The topological polar surface area (TPSA) is 152 Å². The number of hydrogen-bond acceptors (Lipinski definition) is 10. The molecule has 4 N–H and O–H groups in total. The van der Waals surface area contributed by atoms with Crippen LogP contribution in [-0.4, -0.2) is 89.0 Å². The number of hydrogen-bond donors (Lipinski definition) is 4. The standard InChI is InChI=1S/C39H70O10/c1-3-5-7-9-11-13-15-16-18-20-22-24-26-28-35(42)48-32(31-47-39-38(45)37(44)36(43)33(29-40)49-39)30-46-34(41)27-25-23-21-19-17-14-12-10-8-6-4-2/h10,12,16,18,32-33,36-40,43-45H,3-9,11,13-15,17,19-31H2,1-2H3/b12-10+,18-16+/t32-,33-,36+,37?,38?,39-/m1/s1. The molecule has 1 fully saturated rings. The summed E-state index contributed by atoms with van der Waals surface area (Å²) in [5, 5.41) is 39.9. The first-order valence-corrected chi connectivity index (χ1v) is 19.4. The van der Waals surface area contributed by atoms with Gasteiger partial charge in [-0.3, -0.25) is 9.59 Å². The molecule has 1 aliphatic rings. The third kappa shape index (κ3) is 23.3. The first-order chi connectivity index (χ1) is 23.8. The van der Waals surface area contributed by atoms with Crippen LogP contribution in [0.4, 0.5) is 0 Å². The Bertz CT molecular complexity index is 861. The summed E-state index contributed by atoms with van der Waals surface area (Å²) >= 11 is 0. The molecule has 10 nitrogen and oxygen atoms in total. The molecule has 0 spiro atoms. The van der Waals surface area contributed by atoms with Crippen molar-refractivity contribution in [3.05, 3.63) is 24.3 Å². The van der Waals surface area contributed by atoms with Gasteiger partial charge in [0.15, 0.2) is 12.4 Å². The minimum Gasteiger partial charge on any atom is -0.462 e. The van der Waals surface area contributed by atoms with Crippen LogP contribution in [0.15, 0.2) is 24.3 Å². The summed E-state index contributed by atoms with van der Waals surface area (Å²) in [4.78, 5) is 25.1. The zero-order chi connectivity index (χ0) is 36.0. The lowest BCUT2D eigenvalue weighted by molar-refractivity contribution is -0.305. The first kappa shape index (κ1) is 45.2. The fourth-order valence-electron chi connectivity index (χ4n) is 5.63. The molecule has 0 bridgehead atoms. The average Bonchev–Trinajstić information content (AvgIpc) is 3.10. The molecule has 0 aliphatic carbocycles. The highest BCUT2D eigenvalue weighted by Crippen LogP contribution is 2.22. The number of carbonyl (C=O) groups excluding carboxylic acids is 2. The van der Waals surface area contributed by atoms with E-state index < -0.39 is 55.4 Å². The number of esters is 2. The van der Waals surface area contributed by atoms with Gasteiger partial charge in [0.2, 0.25) is 0 Å². The second-order valence-corrected chi connectivity index (χ2v) is 13.4. The Morgan fingerprint density at radius 2 is 1.10 bits per heavy atom. The van der Waals surface area contributed by atoms with Gasteiger partial charge in [0, 0.05) is 12.8 Å². The highest BCUT2D eigenvalue weighted by atomic mass is 16.7. The van der Waals surface area contributed by atoms with Crippen LogP contribution in [-0.2, 0) is 28.5 Å². The molecule has 1 aliphatic heterocycles. The summed E-state index contributed by atoms with van der Waals surface area (Å²) in [5.74, 6) is -0.838. The number of carbonyl (C=O) groups is 2. The van der Waals surface area contributed by atoms with Gasteiger partial charge in [-0.1, -0.05) is 109 Å². The normalized spacial score (nSPS) is 21.8. The second kappa shape index (κ2) is 31.0. The molecule has 10 heteroatoms. The fraction of sp³-hybridized carbons (Fsp3) is 0.846. The predicted octanol–water partition coefficient (Wildman–Crippen LogP) is 6.99. The van der Waals surface area contributed by atoms with Crippen LogP contribution in [0.2, 0.25) is 0 Å². The number of aliphatic hydroxyl groups excluding tert-OH is 4. The molecule has 0 radical (unpaired) electrons. The van der Waals surface area contributed by atoms with Crippen molar-refractivity contribution in [2.75, 3.05) is 19.8 Å². The van der Waals surface area contributed by atoms with Crippen molar-refractivity contribution in [1.82, 2.24) is 0 Å². The molecular weight excluding hydrogens is 628 g/mol. The highest BCUT2D eigenvalue weighted by molar-refractivity contribution is 5.70. The van der Waals surface area contributed by atoms with Gasteiger partial charge in [0.05, 0.1) is 13.2 Å². The van der Waals surface area contributed by atoms with Crippen LogP contribution in [0.5, 0.6) is 0 Å². The van der Waals surface area contributed by atoms with Crippen LogP contribution in [0.3, 0.4) is 0 Å². The zero-order valence-corrected chi connectivity index (χ0v) is 30.7. The smallest absolute Gasteiger partial charge is 0.306 e. The van der Waals surface area contributed by atoms with Crippen LogP contribution >= 0.6 is 0 Å². The van der Waals surface area contributed by atoms with Crippen molar-refractivity contribution in [3.8, 4) is 0 Å². The number of allylic oxidation sites excluding steroid dienone is 4. The van der Waals surface area contributed by atoms with Gasteiger partial charge in [-0.15, -0.1) is 0 Å². The summed E-state index contributed by atoms with van der Waals surface area (Å²) in [6.45, 7) is 3.33. The van der Waals surface area contributed by atoms with Crippen molar-refractivity contribution >= 4 is 11.9 Å². The van der Waals surface area contributed by atoms with E-state index in [0.29, 0.717) is 12.8 Å². The van der Waals surface area contributed by atoms with Gasteiger partial charge in [-0.05, 0) is 57.8 Å². The quantitative estimate of drug-likeness (QED) is 0.0339. The number of rotatable bonds is 31. The zero-order valence-electron chi connectivity index (χ0n) is 30.7. The number of unbranched alkanes of at least 4 members (excludes halogenated alkanes) is 16. The van der Waals surface area contributed by atoms with Crippen molar-refractivity contribution in [3.63, 3.8) is 0 Å². The van der Waals surface area contributed by atoms with E-state index in [1.165, 1.54) is 51.4 Å². The largest absolute Gasteiger partial charge is 0.462 e. The van der Waals surface area contributed by atoms with Gasteiger partial charge in [0.25, 0.3) is 0 Å². The van der Waals surface area contributed by atoms with Crippen LogP contribution in [0, 0.1) is 0 Å². The molecule has 1 heterocycles. The van der Waals surface area contributed by atoms with Gasteiger partial charge < -0.3 is 39.4 Å². The lowest BCUT2D eigenvalue weighted by atomic mass is 9.99. The van der Waals surface area contributed by atoms with E-state index in [4.69, 9.17) is 18.9 Å².